The lowest BCUT2D eigenvalue weighted by Crippen LogP contribution is -2.30. The van der Waals surface area contributed by atoms with Crippen LogP contribution in [0.15, 0.2) is 17.5 Å². The first-order valence-corrected chi connectivity index (χ1v) is 4.93. The second-order valence-electron chi connectivity index (χ2n) is 3.88. The average Bonchev–Trinajstić information content (AvgIpc) is 2.75. The number of rotatable bonds is 2. The number of guanidine groups is 1. The highest BCUT2D eigenvalue weighted by Crippen LogP contribution is 2.37. The van der Waals surface area contributed by atoms with Crippen LogP contribution in [0.5, 0.6) is 0 Å². The molecule has 0 radical (unpaired) electrons. The van der Waals surface area contributed by atoms with Crippen molar-refractivity contribution in [3.05, 3.63) is 18.2 Å². The maximum Gasteiger partial charge on any atom is 0.189 e. The number of aromatic nitrogens is 2. The molecule has 1 aromatic heterocycles. The molecular weight excluding hydrogens is 178 g/mol. The van der Waals surface area contributed by atoms with Gasteiger partial charge in [0.05, 0.1) is 30.8 Å². The lowest BCUT2D eigenvalue weighted by molar-refractivity contribution is 0.604. The fourth-order valence-electron chi connectivity index (χ4n) is 1.87. The van der Waals surface area contributed by atoms with Crippen LogP contribution in [-0.2, 0) is 0 Å². The molecule has 0 aromatic carbocycles. The summed E-state index contributed by atoms with van der Waals surface area (Å²) in [6.07, 6.45) is 6.35. The van der Waals surface area contributed by atoms with E-state index in [9.17, 15) is 0 Å². The largest absolute Gasteiger partial charge is 0.370 e. The SMILES string of the molecule is NC1=NCC(c2cncn2C2CC2)N1. The number of nitrogens with one attached hydrogen (secondary N) is 1. The smallest absolute Gasteiger partial charge is 0.189 e. The van der Waals surface area contributed by atoms with Gasteiger partial charge in [-0.1, -0.05) is 0 Å². The molecule has 0 spiro atoms. The van der Waals surface area contributed by atoms with Gasteiger partial charge in [0.2, 0.25) is 0 Å². The van der Waals surface area contributed by atoms with Crippen LogP contribution in [0.2, 0.25) is 0 Å². The van der Waals surface area contributed by atoms with Gasteiger partial charge in [-0.15, -0.1) is 0 Å². The fraction of sp³-hybridized carbons (Fsp3) is 0.556. The molecule has 1 atom stereocenters. The Labute approximate surface area is 82.0 Å². The standard InChI is InChI=1S/C9H13N5/c10-9-12-3-7(13-9)8-4-11-5-14(8)6-1-2-6/h4-7H,1-3H2,(H3,10,12,13). The van der Waals surface area contributed by atoms with E-state index in [-0.39, 0.29) is 6.04 Å². The highest BCUT2D eigenvalue weighted by molar-refractivity contribution is 5.80. The van der Waals surface area contributed by atoms with Gasteiger partial charge in [0, 0.05) is 6.04 Å². The summed E-state index contributed by atoms with van der Waals surface area (Å²) < 4.78 is 2.24. The molecule has 5 nitrogen and oxygen atoms in total. The zero-order valence-electron chi connectivity index (χ0n) is 7.85. The van der Waals surface area contributed by atoms with E-state index in [0.29, 0.717) is 12.0 Å². The molecule has 2 aliphatic rings. The Kier molecular flexibility index (Phi) is 1.53. The summed E-state index contributed by atoms with van der Waals surface area (Å²) >= 11 is 0. The average molecular weight is 191 g/mol. The Balaban J connectivity index is 1.85. The van der Waals surface area contributed by atoms with Crippen LogP contribution in [0.3, 0.4) is 0 Å². The Hall–Kier alpha value is -1.52. The van der Waals surface area contributed by atoms with Crippen LogP contribution < -0.4 is 11.1 Å². The van der Waals surface area contributed by atoms with Gasteiger partial charge in [0.15, 0.2) is 5.96 Å². The van der Waals surface area contributed by atoms with Crippen molar-refractivity contribution in [1.29, 1.82) is 0 Å². The number of imidazole rings is 1. The second kappa shape index (κ2) is 2.73. The Morgan fingerprint density at radius 3 is 3.00 bits per heavy atom. The summed E-state index contributed by atoms with van der Waals surface area (Å²) in [6, 6.07) is 0.884. The predicted molar refractivity (Wildman–Crippen MR) is 52.9 cm³/mol. The molecule has 1 unspecified atom stereocenters. The maximum atomic E-state index is 5.58. The van der Waals surface area contributed by atoms with Crippen LogP contribution in [0.4, 0.5) is 0 Å². The molecule has 0 saturated heterocycles. The van der Waals surface area contributed by atoms with E-state index < -0.39 is 0 Å². The van der Waals surface area contributed by atoms with Crippen molar-refractivity contribution in [3.63, 3.8) is 0 Å². The predicted octanol–water partition coefficient (Wildman–Crippen LogP) is 0.177. The first-order chi connectivity index (χ1) is 6.84. The van der Waals surface area contributed by atoms with E-state index in [4.69, 9.17) is 5.73 Å². The van der Waals surface area contributed by atoms with Gasteiger partial charge in [-0.25, -0.2) is 4.98 Å². The van der Waals surface area contributed by atoms with Gasteiger partial charge in [0.1, 0.15) is 0 Å². The monoisotopic (exact) mass is 191 g/mol. The molecule has 1 aliphatic carbocycles. The summed E-state index contributed by atoms with van der Waals surface area (Å²) in [5.74, 6) is 0.540. The number of nitrogens with two attached hydrogens (primary N) is 1. The van der Waals surface area contributed by atoms with Crippen LogP contribution in [0.25, 0.3) is 0 Å². The van der Waals surface area contributed by atoms with Gasteiger partial charge >= 0.3 is 0 Å². The molecule has 0 amide bonds. The lowest BCUT2D eigenvalue weighted by Gasteiger charge is -2.13. The Morgan fingerprint density at radius 2 is 2.36 bits per heavy atom. The summed E-state index contributed by atoms with van der Waals surface area (Å²) in [5.41, 5.74) is 6.79. The lowest BCUT2D eigenvalue weighted by atomic mass is 10.2. The van der Waals surface area contributed by atoms with Crippen molar-refractivity contribution >= 4 is 5.96 Å². The fourth-order valence-corrected chi connectivity index (χ4v) is 1.87. The summed E-state index contributed by atoms with van der Waals surface area (Å²) in [5, 5.41) is 3.15. The highest BCUT2D eigenvalue weighted by Gasteiger charge is 2.29. The van der Waals surface area contributed by atoms with Crippen LogP contribution in [0, 0.1) is 0 Å². The van der Waals surface area contributed by atoms with Crippen molar-refractivity contribution in [1.82, 2.24) is 14.9 Å². The molecule has 14 heavy (non-hydrogen) atoms. The summed E-state index contributed by atoms with van der Waals surface area (Å²) in [4.78, 5) is 8.32. The third-order valence-electron chi connectivity index (χ3n) is 2.76. The van der Waals surface area contributed by atoms with Crippen LogP contribution in [0.1, 0.15) is 30.6 Å². The van der Waals surface area contributed by atoms with Gasteiger partial charge in [-0.05, 0) is 12.8 Å². The minimum atomic E-state index is 0.220. The first kappa shape index (κ1) is 7.84. The number of hydrogen-bond donors (Lipinski definition) is 2. The van der Waals surface area contributed by atoms with Crippen molar-refractivity contribution in [2.45, 2.75) is 24.9 Å². The third kappa shape index (κ3) is 1.16. The van der Waals surface area contributed by atoms with Crippen LogP contribution in [-0.4, -0.2) is 22.1 Å². The minimum absolute atomic E-state index is 0.220. The normalized spacial score (nSPS) is 26.0. The summed E-state index contributed by atoms with van der Waals surface area (Å²) in [6.45, 7) is 0.726. The molecular formula is C9H13N5. The Morgan fingerprint density at radius 1 is 1.50 bits per heavy atom. The molecule has 1 aliphatic heterocycles. The van der Waals surface area contributed by atoms with E-state index >= 15 is 0 Å². The van der Waals surface area contributed by atoms with E-state index in [1.165, 1.54) is 18.5 Å². The molecule has 1 aromatic rings. The van der Waals surface area contributed by atoms with Crippen molar-refractivity contribution < 1.29 is 0 Å². The van der Waals surface area contributed by atoms with Crippen molar-refractivity contribution in [2.75, 3.05) is 6.54 Å². The van der Waals surface area contributed by atoms with Crippen molar-refractivity contribution in [2.24, 2.45) is 10.7 Å². The van der Waals surface area contributed by atoms with Gasteiger partial charge in [-0.2, -0.15) is 0 Å². The van der Waals surface area contributed by atoms with Gasteiger partial charge in [0.25, 0.3) is 0 Å². The Bertz CT molecular complexity index is 376. The zero-order chi connectivity index (χ0) is 9.54. The summed E-state index contributed by atoms with van der Waals surface area (Å²) in [7, 11) is 0. The molecule has 74 valence electrons. The molecule has 1 fully saturated rings. The van der Waals surface area contributed by atoms with E-state index in [0.717, 1.165) is 6.54 Å². The minimum Gasteiger partial charge on any atom is -0.370 e. The highest BCUT2D eigenvalue weighted by atomic mass is 15.2. The van der Waals surface area contributed by atoms with Gasteiger partial charge in [-0.3, -0.25) is 4.99 Å². The van der Waals surface area contributed by atoms with Gasteiger partial charge < -0.3 is 15.6 Å². The maximum absolute atomic E-state index is 5.58. The molecule has 3 N–H and O–H groups in total. The molecule has 3 rings (SSSR count). The molecule has 5 heteroatoms. The molecule has 0 bridgehead atoms. The van der Waals surface area contributed by atoms with E-state index in [1.807, 2.05) is 12.5 Å². The first-order valence-electron chi connectivity index (χ1n) is 4.93. The van der Waals surface area contributed by atoms with E-state index in [2.05, 4.69) is 19.9 Å². The zero-order valence-corrected chi connectivity index (χ0v) is 7.85. The molecule has 2 heterocycles. The topological polar surface area (TPSA) is 68.2 Å². The quantitative estimate of drug-likeness (QED) is 0.700. The van der Waals surface area contributed by atoms with E-state index in [1.54, 1.807) is 0 Å². The van der Waals surface area contributed by atoms with Crippen molar-refractivity contribution in [3.8, 4) is 0 Å². The second-order valence-corrected chi connectivity index (χ2v) is 3.88. The number of nitrogens with zero attached hydrogens (tertiary/aromatic N) is 3. The number of aliphatic imine (C=N–C) groups is 1. The number of hydrogen-bond acceptors (Lipinski definition) is 4. The third-order valence-corrected chi connectivity index (χ3v) is 2.76. The molecule has 1 saturated carbocycles. The van der Waals surface area contributed by atoms with Crippen LogP contribution >= 0.6 is 0 Å².